The fraction of sp³-hybridized carbons (Fsp3) is 0.800. The third kappa shape index (κ3) is 2.23. The molecule has 1 saturated heterocycles. The van der Waals surface area contributed by atoms with E-state index in [1.165, 1.54) is 11.5 Å². The van der Waals surface area contributed by atoms with Gasteiger partial charge in [-0.05, 0) is 6.08 Å². The van der Waals surface area contributed by atoms with Crippen molar-refractivity contribution < 1.29 is 4.74 Å². The Morgan fingerprint density at radius 2 is 2.29 bits per heavy atom. The lowest BCUT2D eigenvalue weighted by atomic mass is 10.1. The van der Waals surface area contributed by atoms with Gasteiger partial charge in [0.05, 0.1) is 12.6 Å². The zero-order chi connectivity index (χ0) is 9.97. The van der Waals surface area contributed by atoms with Gasteiger partial charge in [0.1, 0.15) is 5.76 Å². The molecule has 2 nitrogen and oxygen atoms in total. The Labute approximate surface area is 94.0 Å². The van der Waals surface area contributed by atoms with E-state index in [1.807, 2.05) is 23.5 Å². The molecule has 0 aromatic rings. The zero-order valence-electron chi connectivity index (χ0n) is 8.44. The molecule has 0 radical (unpaired) electrons. The minimum atomic E-state index is 0.102. The van der Waals surface area contributed by atoms with Crippen LogP contribution in [0, 0.1) is 0 Å². The van der Waals surface area contributed by atoms with Gasteiger partial charge in [-0.1, -0.05) is 6.92 Å². The number of thioether (sulfide) groups is 2. The van der Waals surface area contributed by atoms with Gasteiger partial charge < -0.3 is 10.5 Å². The van der Waals surface area contributed by atoms with Crippen LogP contribution in [0.1, 0.15) is 13.3 Å². The van der Waals surface area contributed by atoms with Crippen molar-refractivity contribution in [3.63, 3.8) is 0 Å². The Balaban J connectivity index is 1.98. The third-order valence-electron chi connectivity index (χ3n) is 2.65. The second kappa shape index (κ2) is 4.81. The second-order valence-corrected chi connectivity index (χ2v) is 6.45. The maximum Gasteiger partial charge on any atom is 0.110 e. The van der Waals surface area contributed by atoms with Crippen molar-refractivity contribution in [1.82, 2.24) is 0 Å². The van der Waals surface area contributed by atoms with Crippen molar-refractivity contribution in [2.24, 2.45) is 5.73 Å². The summed E-state index contributed by atoms with van der Waals surface area (Å²) in [6, 6.07) is 0.102. The highest BCUT2D eigenvalue weighted by Crippen LogP contribution is 2.35. The largest absolute Gasteiger partial charge is 0.496 e. The van der Waals surface area contributed by atoms with Crippen molar-refractivity contribution in [2.75, 3.05) is 18.1 Å². The summed E-state index contributed by atoms with van der Waals surface area (Å²) in [5.74, 6) is 3.51. The predicted molar refractivity (Wildman–Crippen MR) is 64.8 cm³/mol. The lowest BCUT2D eigenvalue weighted by molar-refractivity contribution is 0.223. The average Bonchev–Trinajstić information content (AvgIpc) is 2.70. The Morgan fingerprint density at radius 3 is 2.93 bits per heavy atom. The predicted octanol–water partition coefficient (Wildman–Crippen LogP) is 1.85. The number of ether oxygens (including phenoxy) is 1. The molecule has 14 heavy (non-hydrogen) atoms. The van der Waals surface area contributed by atoms with E-state index in [0.717, 1.165) is 18.8 Å². The van der Waals surface area contributed by atoms with Gasteiger partial charge in [0.25, 0.3) is 0 Å². The first-order chi connectivity index (χ1) is 6.79. The maximum absolute atomic E-state index is 6.22. The van der Waals surface area contributed by atoms with E-state index in [4.69, 9.17) is 10.5 Å². The SMILES string of the molecule is CC1SCCSC1C(N)C1=CCCO1. The first kappa shape index (κ1) is 10.7. The molecule has 0 aromatic carbocycles. The molecule has 0 bridgehead atoms. The van der Waals surface area contributed by atoms with Crippen LogP contribution in [0.3, 0.4) is 0 Å². The van der Waals surface area contributed by atoms with Gasteiger partial charge in [-0.2, -0.15) is 23.5 Å². The van der Waals surface area contributed by atoms with Crippen LogP contribution in [0.25, 0.3) is 0 Å². The first-order valence-electron chi connectivity index (χ1n) is 5.10. The third-order valence-corrected chi connectivity index (χ3v) is 5.87. The molecule has 80 valence electrons. The van der Waals surface area contributed by atoms with Gasteiger partial charge in [0.15, 0.2) is 0 Å². The molecule has 0 amide bonds. The summed E-state index contributed by atoms with van der Waals surface area (Å²) < 4.78 is 5.53. The molecule has 3 unspecified atom stereocenters. The minimum absolute atomic E-state index is 0.102. The van der Waals surface area contributed by atoms with E-state index in [-0.39, 0.29) is 6.04 Å². The summed E-state index contributed by atoms with van der Waals surface area (Å²) in [6.45, 7) is 3.10. The number of nitrogens with two attached hydrogens (primary N) is 1. The molecule has 2 aliphatic heterocycles. The lowest BCUT2D eigenvalue weighted by Gasteiger charge is -2.32. The summed E-state index contributed by atoms with van der Waals surface area (Å²) in [4.78, 5) is 0. The van der Waals surface area contributed by atoms with E-state index in [2.05, 4.69) is 13.0 Å². The number of rotatable bonds is 2. The molecule has 2 aliphatic rings. The molecular formula is C10H17NOS2. The van der Waals surface area contributed by atoms with E-state index in [9.17, 15) is 0 Å². The minimum Gasteiger partial charge on any atom is -0.496 e. The molecule has 2 N–H and O–H groups in total. The summed E-state index contributed by atoms with van der Waals surface area (Å²) in [5.41, 5.74) is 6.22. The molecule has 3 atom stereocenters. The monoisotopic (exact) mass is 231 g/mol. The number of hydrogen-bond acceptors (Lipinski definition) is 4. The van der Waals surface area contributed by atoms with E-state index in [1.54, 1.807) is 0 Å². The van der Waals surface area contributed by atoms with Crippen LogP contribution in [0.2, 0.25) is 0 Å². The second-order valence-electron chi connectivity index (χ2n) is 3.68. The van der Waals surface area contributed by atoms with Crippen LogP contribution >= 0.6 is 23.5 Å². The highest BCUT2D eigenvalue weighted by molar-refractivity contribution is 8.07. The average molecular weight is 231 g/mol. The molecule has 0 saturated carbocycles. The van der Waals surface area contributed by atoms with Crippen molar-refractivity contribution in [2.45, 2.75) is 29.9 Å². The van der Waals surface area contributed by atoms with Gasteiger partial charge in [0, 0.05) is 28.4 Å². The molecule has 0 spiro atoms. The normalized spacial score (nSPS) is 34.9. The smallest absolute Gasteiger partial charge is 0.110 e. The fourth-order valence-electron chi connectivity index (χ4n) is 1.88. The standard InChI is InChI=1S/C10H17NOS2/c1-7-10(14-6-5-13-7)9(11)8-3-2-4-12-8/h3,7,9-10H,2,4-6,11H2,1H3. The highest BCUT2D eigenvalue weighted by atomic mass is 32.2. The van der Waals surface area contributed by atoms with Crippen LogP contribution in [-0.2, 0) is 4.74 Å². The van der Waals surface area contributed by atoms with Gasteiger partial charge in [0.2, 0.25) is 0 Å². The van der Waals surface area contributed by atoms with Crippen molar-refractivity contribution in [1.29, 1.82) is 0 Å². The molecule has 4 heteroatoms. The molecule has 1 fully saturated rings. The van der Waals surface area contributed by atoms with Gasteiger partial charge in [-0.15, -0.1) is 0 Å². The van der Waals surface area contributed by atoms with E-state index in [0.29, 0.717) is 10.5 Å². The van der Waals surface area contributed by atoms with Crippen LogP contribution in [0.15, 0.2) is 11.8 Å². The summed E-state index contributed by atoms with van der Waals surface area (Å²) >= 11 is 4.03. The molecule has 0 aromatic heterocycles. The quantitative estimate of drug-likeness (QED) is 0.787. The van der Waals surface area contributed by atoms with E-state index < -0.39 is 0 Å². The lowest BCUT2D eigenvalue weighted by Crippen LogP contribution is -2.42. The molecule has 2 rings (SSSR count). The molecule has 2 heterocycles. The van der Waals surface area contributed by atoms with E-state index >= 15 is 0 Å². The Morgan fingerprint density at radius 1 is 1.50 bits per heavy atom. The van der Waals surface area contributed by atoms with Crippen LogP contribution < -0.4 is 5.73 Å². The van der Waals surface area contributed by atoms with Crippen LogP contribution in [0.4, 0.5) is 0 Å². The van der Waals surface area contributed by atoms with Crippen molar-refractivity contribution >= 4 is 23.5 Å². The Kier molecular flexibility index (Phi) is 3.68. The molecular weight excluding hydrogens is 214 g/mol. The summed E-state index contributed by atoms with van der Waals surface area (Å²) in [6.07, 6.45) is 3.18. The van der Waals surface area contributed by atoms with Crippen LogP contribution in [-0.4, -0.2) is 34.7 Å². The topological polar surface area (TPSA) is 35.2 Å². The number of hydrogen-bond donors (Lipinski definition) is 1. The van der Waals surface area contributed by atoms with Gasteiger partial charge in [-0.25, -0.2) is 0 Å². The Hall–Kier alpha value is 0.200. The van der Waals surface area contributed by atoms with Crippen molar-refractivity contribution in [3.05, 3.63) is 11.8 Å². The fourth-order valence-corrected chi connectivity index (χ4v) is 4.73. The molecule has 0 aliphatic carbocycles. The summed E-state index contributed by atoms with van der Waals surface area (Å²) in [5, 5.41) is 1.17. The maximum atomic E-state index is 6.22. The first-order valence-corrected chi connectivity index (χ1v) is 7.20. The summed E-state index contributed by atoms with van der Waals surface area (Å²) in [7, 11) is 0. The highest BCUT2D eigenvalue weighted by Gasteiger charge is 2.31. The zero-order valence-corrected chi connectivity index (χ0v) is 10.1. The van der Waals surface area contributed by atoms with Crippen LogP contribution in [0.5, 0.6) is 0 Å². The Bertz CT molecular complexity index is 232. The van der Waals surface area contributed by atoms with Gasteiger partial charge in [-0.3, -0.25) is 0 Å². The van der Waals surface area contributed by atoms with Crippen molar-refractivity contribution in [3.8, 4) is 0 Å². The van der Waals surface area contributed by atoms with Gasteiger partial charge >= 0.3 is 0 Å².